The summed E-state index contributed by atoms with van der Waals surface area (Å²) in [5.41, 5.74) is 2.45. The van der Waals surface area contributed by atoms with Gasteiger partial charge in [-0.2, -0.15) is 0 Å². The molecule has 2 aromatic heterocycles. The third kappa shape index (κ3) is 3.12. The van der Waals surface area contributed by atoms with Crippen LogP contribution in [0.2, 0.25) is 5.02 Å². The van der Waals surface area contributed by atoms with E-state index < -0.39 is 6.10 Å². The fourth-order valence-corrected chi connectivity index (χ4v) is 2.17. The zero-order valence-corrected chi connectivity index (χ0v) is 12.3. The predicted molar refractivity (Wildman–Crippen MR) is 84.3 cm³/mol. The molecule has 4 nitrogen and oxygen atoms in total. The first kappa shape index (κ1) is 15.2. The fraction of sp³-hybridized carbons (Fsp3) is 0.125. The summed E-state index contributed by atoms with van der Waals surface area (Å²) in [5, 5.41) is 11.1. The molecule has 0 aliphatic rings. The van der Waals surface area contributed by atoms with Crippen LogP contribution in [-0.2, 0) is 0 Å². The highest BCUT2D eigenvalue weighted by Gasteiger charge is 2.18. The van der Waals surface area contributed by atoms with Gasteiger partial charge < -0.3 is 9.84 Å². The Kier molecular flexibility index (Phi) is 4.73. The number of hydrogen-bond donors (Lipinski definition) is 1. The van der Waals surface area contributed by atoms with Gasteiger partial charge in [0.1, 0.15) is 6.10 Å². The van der Waals surface area contributed by atoms with Gasteiger partial charge in [0.05, 0.1) is 17.8 Å². The van der Waals surface area contributed by atoms with Crippen molar-refractivity contribution in [1.29, 1.82) is 0 Å². The summed E-state index contributed by atoms with van der Waals surface area (Å²) >= 11 is 5.97. The second-order valence-corrected chi connectivity index (χ2v) is 4.73. The number of rotatable bonds is 5. The van der Waals surface area contributed by atoms with Crippen molar-refractivity contribution in [3.8, 4) is 5.88 Å². The van der Waals surface area contributed by atoms with Crippen molar-refractivity contribution in [3.05, 3.63) is 65.1 Å². The van der Waals surface area contributed by atoms with E-state index in [1.54, 1.807) is 30.5 Å². The Morgan fingerprint density at radius 3 is 2.57 bits per heavy atom. The monoisotopic (exact) mass is 302 g/mol. The van der Waals surface area contributed by atoms with Crippen LogP contribution in [0.25, 0.3) is 12.2 Å². The molecule has 0 aromatic carbocycles. The SMILES string of the molecule is C=Cc1cnc(OC)cc1C(O)c1cc(Cl)cnc1C=C. The summed E-state index contributed by atoms with van der Waals surface area (Å²) in [7, 11) is 1.52. The molecule has 2 aromatic rings. The van der Waals surface area contributed by atoms with E-state index in [4.69, 9.17) is 16.3 Å². The molecule has 0 spiro atoms. The van der Waals surface area contributed by atoms with Gasteiger partial charge in [-0.3, -0.25) is 4.98 Å². The number of hydrogen-bond acceptors (Lipinski definition) is 4. The summed E-state index contributed by atoms with van der Waals surface area (Å²) in [6.07, 6.45) is 5.36. The number of aromatic nitrogens is 2. The highest BCUT2D eigenvalue weighted by Crippen LogP contribution is 2.31. The number of ether oxygens (including phenoxy) is 1. The molecule has 21 heavy (non-hydrogen) atoms. The minimum absolute atomic E-state index is 0.407. The van der Waals surface area contributed by atoms with Gasteiger partial charge in [-0.1, -0.05) is 30.8 Å². The molecule has 0 amide bonds. The Morgan fingerprint density at radius 2 is 1.95 bits per heavy atom. The van der Waals surface area contributed by atoms with Gasteiger partial charge in [0.15, 0.2) is 0 Å². The van der Waals surface area contributed by atoms with Crippen LogP contribution in [0.5, 0.6) is 5.88 Å². The first-order valence-electron chi connectivity index (χ1n) is 6.23. The molecule has 0 saturated heterocycles. The molecule has 0 fully saturated rings. The third-order valence-corrected chi connectivity index (χ3v) is 3.28. The van der Waals surface area contributed by atoms with Crippen LogP contribution >= 0.6 is 11.6 Å². The molecule has 5 heteroatoms. The van der Waals surface area contributed by atoms with Crippen LogP contribution in [0.15, 0.2) is 37.7 Å². The van der Waals surface area contributed by atoms with Gasteiger partial charge >= 0.3 is 0 Å². The van der Waals surface area contributed by atoms with E-state index in [0.29, 0.717) is 33.3 Å². The number of nitrogens with zero attached hydrogens (tertiary/aromatic N) is 2. The van der Waals surface area contributed by atoms with Gasteiger partial charge in [0.25, 0.3) is 0 Å². The van der Waals surface area contributed by atoms with Crippen molar-refractivity contribution < 1.29 is 9.84 Å². The summed E-state index contributed by atoms with van der Waals surface area (Å²) in [6, 6.07) is 3.32. The smallest absolute Gasteiger partial charge is 0.213 e. The Hall–Kier alpha value is -2.17. The molecule has 2 heterocycles. The minimum Gasteiger partial charge on any atom is -0.481 e. The number of halogens is 1. The molecular formula is C16H15ClN2O2. The Balaban J connectivity index is 2.58. The van der Waals surface area contributed by atoms with Crippen molar-refractivity contribution in [1.82, 2.24) is 9.97 Å². The second-order valence-electron chi connectivity index (χ2n) is 4.29. The number of pyridine rings is 2. The van der Waals surface area contributed by atoms with Crippen LogP contribution in [0.3, 0.4) is 0 Å². The van der Waals surface area contributed by atoms with Crippen LogP contribution in [0.1, 0.15) is 28.5 Å². The zero-order valence-electron chi connectivity index (χ0n) is 11.6. The van der Waals surface area contributed by atoms with E-state index in [1.807, 2.05) is 0 Å². The summed E-state index contributed by atoms with van der Waals surface area (Å²) < 4.78 is 5.10. The van der Waals surface area contributed by atoms with Gasteiger partial charge in [-0.15, -0.1) is 0 Å². The standard InChI is InChI=1S/C16H15ClN2O2/c1-4-10-8-19-15(21-3)7-12(10)16(20)13-6-11(17)9-18-14(13)5-2/h4-9,16,20H,1-2H2,3H3. The van der Waals surface area contributed by atoms with Crippen molar-refractivity contribution >= 4 is 23.8 Å². The lowest BCUT2D eigenvalue weighted by Crippen LogP contribution is -2.06. The highest BCUT2D eigenvalue weighted by molar-refractivity contribution is 6.30. The molecular weight excluding hydrogens is 288 g/mol. The summed E-state index contributed by atoms with van der Waals surface area (Å²) in [4.78, 5) is 8.26. The quantitative estimate of drug-likeness (QED) is 0.918. The van der Waals surface area contributed by atoms with Crippen LogP contribution in [0, 0.1) is 0 Å². The largest absolute Gasteiger partial charge is 0.481 e. The van der Waals surface area contributed by atoms with Crippen molar-refractivity contribution in [3.63, 3.8) is 0 Å². The zero-order chi connectivity index (χ0) is 15.4. The highest BCUT2D eigenvalue weighted by atomic mass is 35.5. The van der Waals surface area contributed by atoms with E-state index in [1.165, 1.54) is 13.3 Å². The summed E-state index contributed by atoms with van der Waals surface area (Å²) in [5.74, 6) is 0.407. The molecule has 0 aliphatic heterocycles. The van der Waals surface area contributed by atoms with E-state index in [-0.39, 0.29) is 0 Å². The van der Waals surface area contributed by atoms with Crippen molar-refractivity contribution in [2.24, 2.45) is 0 Å². The molecule has 0 radical (unpaired) electrons. The van der Waals surface area contributed by atoms with E-state index in [9.17, 15) is 5.11 Å². The van der Waals surface area contributed by atoms with Gasteiger partial charge in [-0.25, -0.2) is 4.98 Å². The maximum absolute atomic E-state index is 10.7. The number of aliphatic hydroxyl groups is 1. The lowest BCUT2D eigenvalue weighted by Gasteiger charge is -2.17. The van der Waals surface area contributed by atoms with Crippen LogP contribution < -0.4 is 4.74 Å². The Labute approximate surface area is 128 Å². The molecule has 1 atom stereocenters. The van der Waals surface area contributed by atoms with Gasteiger partial charge in [0.2, 0.25) is 5.88 Å². The average Bonchev–Trinajstić information content (AvgIpc) is 2.53. The second kappa shape index (κ2) is 6.52. The molecule has 0 aliphatic carbocycles. The average molecular weight is 303 g/mol. The van der Waals surface area contributed by atoms with E-state index >= 15 is 0 Å². The number of methoxy groups -OCH3 is 1. The maximum Gasteiger partial charge on any atom is 0.213 e. The fourth-order valence-electron chi connectivity index (χ4n) is 2.00. The Morgan fingerprint density at radius 1 is 1.19 bits per heavy atom. The van der Waals surface area contributed by atoms with Crippen LogP contribution in [0.4, 0.5) is 0 Å². The van der Waals surface area contributed by atoms with E-state index in [0.717, 1.165) is 0 Å². The lowest BCUT2D eigenvalue weighted by molar-refractivity contribution is 0.218. The molecule has 108 valence electrons. The Bertz CT molecular complexity index is 686. The molecule has 0 saturated carbocycles. The van der Waals surface area contributed by atoms with Crippen molar-refractivity contribution in [2.75, 3.05) is 7.11 Å². The maximum atomic E-state index is 10.7. The molecule has 1 unspecified atom stereocenters. The normalized spacial score (nSPS) is 11.8. The predicted octanol–water partition coefficient (Wildman–Crippen LogP) is 3.51. The van der Waals surface area contributed by atoms with Gasteiger partial charge in [0, 0.05) is 24.0 Å². The van der Waals surface area contributed by atoms with E-state index in [2.05, 4.69) is 23.1 Å². The van der Waals surface area contributed by atoms with Crippen molar-refractivity contribution in [2.45, 2.75) is 6.10 Å². The first-order valence-corrected chi connectivity index (χ1v) is 6.60. The molecule has 1 N–H and O–H groups in total. The summed E-state index contributed by atoms with van der Waals surface area (Å²) in [6.45, 7) is 7.43. The third-order valence-electron chi connectivity index (χ3n) is 3.07. The van der Waals surface area contributed by atoms with Gasteiger partial charge in [-0.05, 0) is 23.3 Å². The molecule has 0 bridgehead atoms. The molecule has 2 rings (SSSR count). The minimum atomic E-state index is -0.936. The lowest BCUT2D eigenvalue weighted by atomic mass is 9.97. The number of aliphatic hydroxyl groups excluding tert-OH is 1. The first-order chi connectivity index (χ1) is 10.1. The van der Waals surface area contributed by atoms with Crippen LogP contribution in [-0.4, -0.2) is 22.2 Å². The topological polar surface area (TPSA) is 55.2 Å².